The maximum absolute atomic E-state index is 10.5. The molecule has 0 amide bonds. The average Bonchev–Trinajstić information content (AvgIpc) is 3.42. The van der Waals surface area contributed by atoms with Crippen LogP contribution < -0.4 is 0 Å². The number of aliphatic hydroxyl groups is 1. The van der Waals surface area contributed by atoms with Crippen molar-refractivity contribution in [1.29, 1.82) is 0 Å². The van der Waals surface area contributed by atoms with E-state index in [0.29, 0.717) is 30.0 Å². The minimum absolute atomic E-state index is 0.283. The lowest BCUT2D eigenvalue weighted by Crippen LogP contribution is -2.30. The van der Waals surface area contributed by atoms with E-state index in [1.165, 1.54) is 12.8 Å². The molecule has 2 saturated heterocycles. The third-order valence-electron chi connectivity index (χ3n) is 6.89. The average molecular weight is 395 g/mol. The molecule has 0 spiro atoms. The van der Waals surface area contributed by atoms with Gasteiger partial charge in [-0.3, -0.25) is 4.79 Å². The van der Waals surface area contributed by atoms with E-state index in [0.717, 1.165) is 71.0 Å². The molecule has 5 nitrogen and oxygen atoms in total. The highest BCUT2D eigenvalue weighted by Crippen LogP contribution is 2.44. The van der Waals surface area contributed by atoms with Crippen molar-refractivity contribution >= 4 is 5.97 Å². The summed E-state index contributed by atoms with van der Waals surface area (Å²) in [4.78, 5) is 10.5. The van der Waals surface area contributed by atoms with Gasteiger partial charge in [-0.05, 0) is 44.4 Å². The molecule has 0 aromatic heterocycles. The normalized spacial score (nSPS) is 31.2. The smallest absolute Gasteiger partial charge is 0.303 e. The minimum Gasteiger partial charge on any atom is -0.481 e. The number of hydrogen-bond donors (Lipinski definition) is 2. The number of ether oxygens (including phenoxy) is 2. The highest BCUT2D eigenvalue weighted by atomic mass is 16.5. The first-order valence-corrected chi connectivity index (χ1v) is 11.5. The van der Waals surface area contributed by atoms with E-state index in [1.807, 2.05) is 6.08 Å². The van der Waals surface area contributed by atoms with Crippen LogP contribution in [0.15, 0.2) is 12.2 Å². The molecule has 160 valence electrons. The summed E-state index contributed by atoms with van der Waals surface area (Å²) in [5.74, 6) is 0.545. The molecule has 1 saturated carbocycles. The van der Waals surface area contributed by atoms with Gasteiger partial charge in [0, 0.05) is 24.9 Å². The highest BCUT2D eigenvalue weighted by molar-refractivity contribution is 5.66. The van der Waals surface area contributed by atoms with Crippen molar-refractivity contribution in [2.24, 2.45) is 17.8 Å². The van der Waals surface area contributed by atoms with E-state index in [9.17, 15) is 9.90 Å². The van der Waals surface area contributed by atoms with Gasteiger partial charge in [-0.2, -0.15) is 0 Å². The number of hydrogen-bond acceptors (Lipinski definition) is 4. The number of rotatable bonds is 13. The Morgan fingerprint density at radius 3 is 2.54 bits per heavy atom. The summed E-state index contributed by atoms with van der Waals surface area (Å²) in [5, 5.41) is 19.1. The van der Waals surface area contributed by atoms with Gasteiger partial charge in [0.1, 0.15) is 0 Å². The summed E-state index contributed by atoms with van der Waals surface area (Å²) in [6.07, 6.45) is 16.9. The Kier molecular flexibility index (Phi) is 8.81. The lowest BCUT2D eigenvalue weighted by atomic mass is 9.79. The molecule has 1 unspecified atom stereocenters. The maximum atomic E-state index is 10.5. The second-order valence-electron chi connectivity index (χ2n) is 8.94. The Labute approximate surface area is 169 Å². The van der Waals surface area contributed by atoms with Gasteiger partial charge in [0.25, 0.3) is 0 Å². The second kappa shape index (κ2) is 11.3. The van der Waals surface area contributed by atoms with Crippen molar-refractivity contribution < 1.29 is 24.5 Å². The standard InChI is InChI=1S/C23H38O5/c24-20(17-8-5-6-9-17)12-11-18-19(22-14-13-21(18)28-22)16-27-15-7-3-1-2-4-10-23(25)26/h11-12,17-22,24H,1-10,13-16H2,(H,25,26)/t18-,19+,20?,21-,22+/m0/s1. The molecule has 2 aliphatic heterocycles. The zero-order chi connectivity index (χ0) is 19.8. The first-order chi connectivity index (χ1) is 13.6. The van der Waals surface area contributed by atoms with Crippen LogP contribution in [-0.2, 0) is 14.3 Å². The summed E-state index contributed by atoms with van der Waals surface area (Å²) < 4.78 is 12.1. The molecule has 2 bridgehead atoms. The molecule has 28 heavy (non-hydrogen) atoms. The summed E-state index contributed by atoms with van der Waals surface area (Å²) in [7, 11) is 0. The van der Waals surface area contributed by atoms with Crippen LogP contribution in [0.4, 0.5) is 0 Å². The monoisotopic (exact) mass is 394 g/mol. The summed E-state index contributed by atoms with van der Waals surface area (Å²) in [6, 6.07) is 0. The molecule has 0 aromatic rings. The number of unbranched alkanes of at least 4 members (excludes halogenated alkanes) is 4. The topological polar surface area (TPSA) is 76.0 Å². The third-order valence-corrected chi connectivity index (χ3v) is 6.89. The van der Waals surface area contributed by atoms with Gasteiger partial charge in [-0.15, -0.1) is 0 Å². The Morgan fingerprint density at radius 1 is 1.04 bits per heavy atom. The molecule has 2 N–H and O–H groups in total. The molecular formula is C23H38O5. The van der Waals surface area contributed by atoms with E-state index in [1.54, 1.807) is 0 Å². The second-order valence-corrected chi connectivity index (χ2v) is 8.94. The zero-order valence-corrected chi connectivity index (χ0v) is 17.1. The Bertz CT molecular complexity index is 499. The molecular weight excluding hydrogens is 356 g/mol. The van der Waals surface area contributed by atoms with Crippen LogP contribution in [0.2, 0.25) is 0 Å². The highest BCUT2D eigenvalue weighted by Gasteiger charge is 2.47. The Balaban J connectivity index is 1.32. The number of aliphatic hydroxyl groups excluding tert-OH is 1. The molecule has 3 aliphatic rings. The van der Waals surface area contributed by atoms with E-state index in [-0.39, 0.29) is 12.5 Å². The van der Waals surface area contributed by atoms with Crippen molar-refractivity contribution in [2.45, 2.75) is 95.4 Å². The van der Waals surface area contributed by atoms with E-state index < -0.39 is 5.97 Å². The van der Waals surface area contributed by atoms with Crippen molar-refractivity contribution in [1.82, 2.24) is 0 Å². The molecule has 3 fully saturated rings. The molecule has 5 heteroatoms. The molecule has 2 heterocycles. The van der Waals surface area contributed by atoms with Crippen molar-refractivity contribution in [3.8, 4) is 0 Å². The molecule has 1 aliphatic carbocycles. The minimum atomic E-state index is -0.698. The van der Waals surface area contributed by atoms with Crippen molar-refractivity contribution in [3.05, 3.63) is 12.2 Å². The van der Waals surface area contributed by atoms with Gasteiger partial charge in [0.15, 0.2) is 0 Å². The first kappa shape index (κ1) is 21.8. The SMILES string of the molecule is O=C(O)CCCCCCCOC[C@@H]1[C@H](C=CC(O)C2CCCC2)[C@@H]2CC[C@H]1O2. The summed E-state index contributed by atoms with van der Waals surface area (Å²) >= 11 is 0. The summed E-state index contributed by atoms with van der Waals surface area (Å²) in [5.41, 5.74) is 0. The van der Waals surface area contributed by atoms with Crippen LogP contribution in [0.1, 0.15) is 77.0 Å². The third kappa shape index (κ3) is 6.30. The molecule has 0 aromatic carbocycles. The fourth-order valence-electron chi connectivity index (χ4n) is 5.22. The van der Waals surface area contributed by atoms with Gasteiger partial charge < -0.3 is 19.7 Å². The molecule has 3 rings (SSSR count). The number of aliphatic carboxylic acids is 1. The number of fused-ring (bicyclic) bond motifs is 2. The zero-order valence-electron chi connectivity index (χ0n) is 17.1. The first-order valence-electron chi connectivity index (χ1n) is 11.5. The molecule has 0 radical (unpaired) electrons. The maximum Gasteiger partial charge on any atom is 0.303 e. The van der Waals surface area contributed by atoms with Crippen molar-refractivity contribution in [3.63, 3.8) is 0 Å². The van der Waals surface area contributed by atoms with Crippen LogP contribution in [0.25, 0.3) is 0 Å². The van der Waals surface area contributed by atoms with Crippen LogP contribution in [-0.4, -0.2) is 47.7 Å². The van der Waals surface area contributed by atoms with Gasteiger partial charge in [0.2, 0.25) is 0 Å². The van der Waals surface area contributed by atoms with Gasteiger partial charge >= 0.3 is 5.97 Å². The van der Waals surface area contributed by atoms with Gasteiger partial charge in [-0.1, -0.05) is 44.3 Å². The number of carbonyl (C=O) groups is 1. The molecule has 5 atom stereocenters. The Morgan fingerprint density at radius 2 is 1.75 bits per heavy atom. The number of carboxylic acid groups (broad SMARTS) is 1. The largest absolute Gasteiger partial charge is 0.481 e. The Hall–Kier alpha value is -0.910. The lowest BCUT2D eigenvalue weighted by molar-refractivity contribution is -0.137. The van der Waals surface area contributed by atoms with E-state index in [4.69, 9.17) is 14.6 Å². The fraction of sp³-hybridized carbons (Fsp3) is 0.870. The fourth-order valence-corrected chi connectivity index (χ4v) is 5.22. The lowest BCUT2D eigenvalue weighted by Gasteiger charge is -2.26. The van der Waals surface area contributed by atoms with E-state index >= 15 is 0 Å². The van der Waals surface area contributed by atoms with E-state index in [2.05, 4.69) is 6.08 Å². The van der Waals surface area contributed by atoms with Crippen LogP contribution in [0.5, 0.6) is 0 Å². The number of carboxylic acids is 1. The van der Waals surface area contributed by atoms with Gasteiger partial charge in [0.05, 0.1) is 24.9 Å². The van der Waals surface area contributed by atoms with Crippen LogP contribution in [0.3, 0.4) is 0 Å². The van der Waals surface area contributed by atoms with Crippen LogP contribution in [0, 0.1) is 17.8 Å². The summed E-state index contributed by atoms with van der Waals surface area (Å²) in [6.45, 7) is 1.52. The van der Waals surface area contributed by atoms with Crippen LogP contribution >= 0.6 is 0 Å². The quantitative estimate of drug-likeness (QED) is 0.359. The predicted octanol–water partition coefficient (Wildman–Crippen LogP) is 4.33. The predicted molar refractivity (Wildman–Crippen MR) is 108 cm³/mol. The van der Waals surface area contributed by atoms with Crippen molar-refractivity contribution in [2.75, 3.05) is 13.2 Å². The van der Waals surface area contributed by atoms with Gasteiger partial charge in [-0.25, -0.2) is 0 Å².